The van der Waals surface area contributed by atoms with Gasteiger partial charge in [0.05, 0.1) is 19.8 Å². The van der Waals surface area contributed by atoms with E-state index in [2.05, 4.69) is 14.5 Å². The summed E-state index contributed by atoms with van der Waals surface area (Å²) in [6, 6.07) is 1.38. The van der Waals surface area contributed by atoms with Crippen molar-refractivity contribution in [1.82, 2.24) is 4.98 Å². The summed E-state index contributed by atoms with van der Waals surface area (Å²) in [5.41, 5.74) is 1.73. The van der Waals surface area contributed by atoms with Gasteiger partial charge in [-0.3, -0.25) is 0 Å². The Balaban J connectivity index is 3.33. The minimum atomic E-state index is -0.576. The maximum atomic E-state index is 11.4. The fourth-order valence-corrected chi connectivity index (χ4v) is 1.27. The van der Waals surface area contributed by atoms with Crippen molar-refractivity contribution in [1.29, 1.82) is 0 Å². The molecule has 0 saturated heterocycles. The van der Waals surface area contributed by atoms with Crippen LogP contribution in [0.15, 0.2) is 6.07 Å². The number of nitrogens with zero attached hydrogens (tertiary/aromatic N) is 1. The fourth-order valence-electron chi connectivity index (χ4n) is 1.27. The predicted octanol–water partition coefficient (Wildman–Crippen LogP) is 1.27. The summed E-state index contributed by atoms with van der Waals surface area (Å²) in [4.78, 5) is 26.8. The molecule has 0 spiro atoms. The highest BCUT2D eigenvalue weighted by Crippen LogP contribution is 2.14. The summed E-state index contributed by atoms with van der Waals surface area (Å²) in [6.07, 6.45) is 0. The molecule has 0 aliphatic heterocycles. The van der Waals surface area contributed by atoms with Crippen molar-refractivity contribution < 1.29 is 19.1 Å². The monoisotopic (exact) mass is 223 g/mol. The van der Waals surface area contributed by atoms with E-state index < -0.39 is 11.9 Å². The SMILES string of the molecule is COC(=O)c1cc(C(=O)OC)c(C)c(C)n1. The summed E-state index contributed by atoms with van der Waals surface area (Å²) < 4.78 is 9.17. The molecule has 0 amide bonds. The second-order valence-corrected chi connectivity index (χ2v) is 3.25. The number of aryl methyl sites for hydroxylation is 1. The summed E-state index contributed by atoms with van der Waals surface area (Å²) in [5, 5.41) is 0. The third kappa shape index (κ3) is 2.18. The molecule has 1 heterocycles. The maximum Gasteiger partial charge on any atom is 0.356 e. The van der Waals surface area contributed by atoms with Crippen LogP contribution in [-0.4, -0.2) is 31.1 Å². The smallest absolute Gasteiger partial charge is 0.356 e. The lowest BCUT2D eigenvalue weighted by atomic mass is 10.1. The molecular formula is C11H13NO4. The number of rotatable bonds is 2. The Morgan fingerprint density at radius 3 is 2.19 bits per heavy atom. The maximum absolute atomic E-state index is 11.4. The van der Waals surface area contributed by atoms with Gasteiger partial charge in [-0.05, 0) is 25.5 Å². The molecule has 0 aliphatic carbocycles. The van der Waals surface area contributed by atoms with Crippen molar-refractivity contribution in [3.63, 3.8) is 0 Å². The van der Waals surface area contributed by atoms with Gasteiger partial charge in [-0.1, -0.05) is 0 Å². The molecule has 5 heteroatoms. The molecule has 0 N–H and O–H groups in total. The highest BCUT2D eigenvalue weighted by molar-refractivity contribution is 5.95. The highest BCUT2D eigenvalue weighted by Gasteiger charge is 2.17. The minimum absolute atomic E-state index is 0.103. The molecule has 0 saturated carbocycles. The molecule has 1 rings (SSSR count). The summed E-state index contributed by atoms with van der Waals surface area (Å²) >= 11 is 0. The van der Waals surface area contributed by atoms with Crippen LogP contribution in [0, 0.1) is 13.8 Å². The quantitative estimate of drug-likeness (QED) is 0.706. The van der Waals surface area contributed by atoms with E-state index in [1.54, 1.807) is 13.8 Å². The van der Waals surface area contributed by atoms with Crippen LogP contribution in [0.4, 0.5) is 0 Å². The van der Waals surface area contributed by atoms with Crippen LogP contribution in [-0.2, 0) is 9.47 Å². The first kappa shape index (κ1) is 12.2. The topological polar surface area (TPSA) is 65.5 Å². The third-order valence-corrected chi connectivity index (χ3v) is 2.32. The van der Waals surface area contributed by atoms with E-state index in [0.29, 0.717) is 16.8 Å². The zero-order chi connectivity index (χ0) is 12.3. The first-order valence-corrected chi connectivity index (χ1v) is 4.66. The van der Waals surface area contributed by atoms with Crippen LogP contribution in [0.1, 0.15) is 32.1 Å². The van der Waals surface area contributed by atoms with Gasteiger partial charge in [0, 0.05) is 5.69 Å². The summed E-state index contributed by atoms with van der Waals surface area (Å²) in [6.45, 7) is 3.46. The van der Waals surface area contributed by atoms with E-state index >= 15 is 0 Å². The Morgan fingerprint density at radius 2 is 1.69 bits per heavy atom. The van der Waals surface area contributed by atoms with Gasteiger partial charge in [0.25, 0.3) is 0 Å². The second-order valence-electron chi connectivity index (χ2n) is 3.25. The van der Waals surface area contributed by atoms with Gasteiger partial charge in [-0.15, -0.1) is 0 Å². The molecule has 0 aromatic carbocycles. The van der Waals surface area contributed by atoms with Crippen LogP contribution >= 0.6 is 0 Å². The number of carbonyl (C=O) groups is 2. The zero-order valence-electron chi connectivity index (χ0n) is 9.66. The van der Waals surface area contributed by atoms with Gasteiger partial charge in [0.2, 0.25) is 0 Å². The first-order valence-electron chi connectivity index (χ1n) is 4.66. The van der Waals surface area contributed by atoms with Crippen molar-refractivity contribution in [2.75, 3.05) is 14.2 Å². The largest absolute Gasteiger partial charge is 0.465 e. The highest BCUT2D eigenvalue weighted by atomic mass is 16.5. The lowest BCUT2D eigenvalue weighted by Crippen LogP contribution is -2.12. The molecule has 0 radical (unpaired) electrons. The summed E-state index contributed by atoms with van der Waals surface area (Å²) in [5.74, 6) is -1.07. The average molecular weight is 223 g/mol. The number of ether oxygens (including phenoxy) is 2. The standard InChI is InChI=1S/C11H13NO4/c1-6-7(2)12-9(11(14)16-4)5-8(6)10(13)15-3/h5H,1-4H3. The second kappa shape index (κ2) is 4.74. The van der Waals surface area contributed by atoms with Gasteiger partial charge in [0.15, 0.2) is 0 Å². The molecule has 0 unspecified atom stereocenters. The van der Waals surface area contributed by atoms with Crippen molar-refractivity contribution in [3.8, 4) is 0 Å². The van der Waals surface area contributed by atoms with Crippen LogP contribution in [0.3, 0.4) is 0 Å². The molecule has 5 nitrogen and oxygen atoms in total. The molecule has 86 valence electrons. The van der Waals surface area contributed by atoms with Gasteiger partial charge < -0.3 is 9.47 Å². The number of methoxy groups -OCH3 is 2. The van der Waals surface area contributed by atoms with Gasteiger partial charge in [-0.2, -0.15) is 0 Å². The molecule has 0 atom stereocenters. The molecular weight excluding hydrogens is 210 g/mol. The van der Waals surface area contributed by atoms with Crippen LogP contribution in [0.5, 0.6) is 0 Å². The van der Waals surface area contributed by atoms with E-state index in [9.17, 15) is 9.59 Å². The fraction of sp³-hybridized carbons (Fsp3) is 0.364. The normalized spacial score (nSPS) is 9.75. The molecule has 0 aliphatic rings. The predicted molar refractivity (Wildman–Crippen MR) is 56.4 cm³/mol. The number of esters is 2. The Bertz CT molecular complexity index is 440. The van der Waals surface area contributed by atoms with Crippen molar-refractivity contribution in [3.05, 3.63) is 28.6 Å². The number of aromatic nitrogens is 1. The van der Waals surface area contributed by atoms with E-state index in [-0.39, 0.29) is 5.69 Å². The molecule has 1 aromatic rings. The molecule has 0 bridgehead atoms. The van der Waals surface area contributed by atoms with Crippen LogP contribution in [0.25, 0.3) is 0 Å². The average Bonchev–Trinajstić information content (AvgIpc) is 2.30. The zero-order valence-corrected chi connectivity index (χ0v) is 9.66. The van der Waals surface area contributed by atoms with Crippen molar-refractivity contribution in [2.24, 2.45) is 0 Å². The lowest BCUT2D eigenvalue weighted by Gasteiger charge is -2.08. The molecule has 16 heavy (non-hydrogen) atoms. The van der Waals surface area contributed by atoms with Gasteiger partial charge in [0.1, 0.15) is 5.69 Å². The Hall–Kier alpha value is -1.91. The van der Waals surface area contributed by atoms with Crippen LogP contribution < -0.4 is 0 Å². The first-order chi connectivity index (χ1) is 7.51. The minimum Gasteiger partial charge on any atom is -0.465 e. The van der Waals surface area contributed by atoms with E-state index in [4.69, 9.17) is 0 Å². The van der Waals surface area contributed by atoms with Gasteiger partial charge >= 0.3 is 11.9 Å². The number of hydrogen-bond donors (Lipinski definition) is 0. The Labute approximate surface area is 93.4 Å². The lowest BCUT2D eigenvalue weighted by molar-refractivity contribution is 0.0592. The Kier molecular flexibility index (Phi) is 3.60. The van der Waals surface area contributed by atoms with Crippen molar-refractivity contribution in [2.45, 2.75) is 13.8 Å². The third-order valence-electron chi connectivity index (χ3n) is 2.32. The molecule has 1 aromatic heterocycles. The van der Waals surface area contributed by atoms with E-state index in [1.165, 1.54) is 20.3 Å². The van der Waals surface area contributed by atoms with Crippen molar-refractivity contribution >= 4 is 11.9 Å². The molecule has 0 fully saturated rings. The summed E-state index contributed by atoms with van der Waals surface area (Å²) in [7, 11) is 2.55. The van der Waals surface area contributed by atoms with Gasteiger partial charge in [-0.25, -0.2) is 14.6 Å². The van der Waals surface area contributed by atoms with Crippen LogP contribution in [0.2, 0.25) is 0 Å². The number of pyridine rings is 1. The van der Waals surface area contributed by atoms with E-state index in [0.717, 1.165) is 0 Å². The number of hydrogen-bond acceptors (Lipinski definition) is 5. The van der Waals surface area contributed by atoms with E-state index in [1.807, 2.05) is 0 Å². The Morgan fingerprint density at radius 1 is 1.12 bits per heavy atom. The number of carbonyl (C=O) groups excluding carboxylic acids is 2.